The number of thioether (sulfide) groups is 1. The third-order valence-corrected chi connectivity index (χ3v) is 8.00. The van der Waals surface area contributed by atoms with Crippen molar-refractivity contribution in [2.75, 3.05) is 49.9 Å². The summed E-state index contributed by atoms with van der Waals surface area (Å²) in [6.07, 6.45) is 6.18. The molecule has 0 aromatic carbocycles. The fourth-order valence-electron chi connectivity index (χ4n) is 4.33. The molecule has 7 nitrogen and oxygen atoms in total. The zero-order chi connectivity index (χ0) is 20.3. The molecule has 0 atom stereocenters. The summed E-state index contributed by atoms with van der Waals surface area (Å²) in [5.74, 6) is 1.70. The van der Waals surface area contributed by atoms with Crippen LogP contribution in [-0.4, -0.2) is 75.5 Å². The highest BCUT2D eigenvalue weighted by Gasteiger charge is 2.32. The lowest BCUT2D eigenvalue weighted by atomic mass is 10.1. The molecule has 162 valence electrons. The van der Waals surface area contributed by atoms with Crippen LogP contribution in [0.1, 0.15) is 43.0 Å². The molecule has 9 heteroatoms. The minimum atomic E-state index is 0.223. The topological polar surface area (TPSA) is 57.5 Å². The van der Waals surface area contributed by atoms with E-state index < -0.39 is 0 Å². The summed E-state index contributed by atoms with van der Waals surface area (Å²) in [5.41, 5.74) is 0. The lowest BCUT2D eigenvalue weighted by Crippen LogP contribution is -2.48. The van der Waals surface area contributed by atoms with Gasteiger partial charge in [0.1, 0.15) is 0 Å². The first-order valence-corrected chi connectivity index (χ1v) is 13.0. The van der Waals surface area contributed by atoms with Crippen molar-refractivity contribution in [1.82, 2.24) is 24.6 Å². The monoisotopic (exact) mass is 446 g/mol. The number of hydrogen-bond acceptors (Lipinski definition) is 7. The molecule has 30 heavy (non-hydrogen) atoms. The molecule has 2 aromatic rings. The number of thiophene rings is 1. The van der Waals surface area contributed by atoms with E-state index in [1.807, 2.05) is 4.90 Å². The van der Waals surface area contributed by atoms with E-state index in [9.17, 15) is 4.79 Å². The Balaban J connectivity index is 1.15. The Morgan fingerprint density at radius 1 is 1.07 bits per heavy atom. The summed E-state index contributed by atoms with van der Waals surface area (Å²) in [5, 5.41) is 12.1. The number of piperidine rings is 1. The minimum Gasteiger partial charge on any atom is -0.341 e. The lowest BCUT2D eigenvalue weighted by molar-refractivity contribution is -0.130. The van der Waals surface area contributed by atoms with Crippen LogP contribution >= 0.6 is 23.1 Å². The average molecular weight is 447 g/mol. The van der Waals surface area contributed by atoms with E-state index in [-0.39, 0.29) is 5.91 Å². The van der Waals surface area contributed by atoms with E-state index in [2.05, 4.69) is 42.1 Å². The van der Waals surface area contributed by atoms with Gasteiger partial charge in [-0.05, 0) is 43.6 Å². The maximum absolute atomic E-state index is 12.8. The van der Waals surface area contributed by atoms with Crippen LogP contribution < -0.4 is 4.90 Å². The normalized spacial score (nSPS) is 20.7. The molecule has 0 radical (unpaired) electrons. The van der Waals surface area contributed by atoms with Gasteiger partial charge in [-0.15, -0.1) is 21.5 Å². The van der Waals surface area contributed by atoms with Crippen molar-refractivity contribution in [3.05, 3.63) is 22.4 Å². The average Bonchev–Trinajstić information content (AvgIpc) is 3.32. The molecule has 2 aliphatic heterocycles. The van der Waals surface area contributed by atoms with E-state index in [4.69, 9.17) is 0 Å². The summed E-state index contributed by atoms with van der Waals surface area (Å²) >= 11 is 3.37. The van der Waals surface area contributed by atoms with Gasteiger partial charge in [0.05, 0.1) is 5.75 Å². The summed E-state index contributed by atoms with van der Waals surface area (Å²) in [6, 6.07) is 4.82. The highest BCUT2D eigenvalue weighted by molar-refractivity contribution is 7.99. The quantitative estimate of drug-likeness (QED) is 0.609. The molecule has 3 fully saturated rings. The second kappa shape index (κ2) is 9.28. The van der Waals surface area contributed by atoms with Gasteiger partial charge in [-0.1, -0.05) is 17.8 Å². The van der Waals surface area contributed by atoms with Crippen molar-refractivity contribution < 1.29 is 4.79 Å². The van der Waals surface area contributed by atoms with E-state index in [0.717, 1.165) is 56.9 Å². The van der Waals surface area contributed by atoms with Crippen molar-refractivity contribution in [2.45, 2.75) is 49.8 Å². The van der Waals surface area contributed by atoms with Gasteiger partial charge in [0, 0.05) is 56.7 Å². The van der Waals surface area contributed by atoms with Crippen LogP contribution in [-0.2, 0) is 11.3 Å². The second-order valence-electron chi connectivity index (χ2n) is 8.46. The van der Waals surface area contributed by atoms with Gasteiger partial charge in [0.15, 0.2) is 5.16 Å². The van der Waals surface area contributed by atoms with Crippen LogP contribution in [0.5, 0.6) is 0 Å². The molecule has 2 aromatic heterocycles. The fourth-order valence-corrected chi connectivity index (χ4v) is 5.98. The van der Waals surface area contributed by atoms with Gasteiger partial charge in [0.2, 0.25) is 11.9 Å². The van der Waals surface area contributed by atoms with Crippen LogP contribution in [0.15, 0.2) is 22.7 Å². The highest BCUT2D eigenvalue weighted by Crippen LogP contribution is 2.41. The first kappa shape index (κ1) is 20.3. The zero-order valence-electron chi connectivity index (χ0n) is 17.4. The third kappa shape index (κ3) is 4.68. The number of carbonyl (C=O) groups is 1. The number of nitrogens with zero attached hydrogens (tertiary/aromatic N) is 6. The molecule has 2 saturated heterocycles. The molecule has 0 spiro atoms. The Morgan fingerprint density at radius 3 is 2.57 bits per heavy atom. The maximum atomic E-state index is 12.8. The lowest BCUT2D eigenvalue weighted by Gasteiger charge is -2.34. The highest BCUT2D eigenvalue weighted by atomic mass is 32.2. The Kier molecular flexibility index (Phi) is 6.29. The number of aromatic nitrogens is 3. The number of hydrogen-bond donors (Lipinski definition) is 0. The largest absolute Gasteiger partial charge is 0.341 e. The number of rotatable bonds is 7. The van der Waals surface area contributed by atoms with Crippen LogP contribution in [0.4, 0.5) is 5.95 Å². The van der Waals surface area contributed by atoms with Crippen molar-refractivity contribution in [3.63, 3.8) is 0 Å². The van der Waals surface area contributed by atoms with E-state index in [1.165, 1.54) is 37.0 Å². The zero-order valence-corrected chi connectivity index (χ0v) is 19.0. The Bertz CT molecular complexity index is 836. The number of anilines is 1. The maximum Gasteiger partial charge on any atom is 0.233 e. The van der Waals surface area contributed by atoms with Crippen LogP contribution in [0.25, 0.3) is 0 Å². The molecular weight excluding hydrogens is 416 g/mol. The molecule has 5 rings (SSSR count). The summed E-state index contributed by atoms with van der Waals surface area (Å²) in [6.45, 7) is 6.68. The van der Waals surface area contributed by atoms with Crippen LogP contribution in [0, 0.1) is 0 Å². The second-order valence-corrected chi connectivity index (χ2v) is 10.4. The molecule has 0 unspecified atom stereocenters. The Hall–Kier alpha value is -1.58. The SMILES string of the molecule is O=C(CSc1nnc(N2CCCCC2)n1C1CC1)N1CCN(Cc2cccs2)CC1. The summed E-state index contributed by atoms with van der Waals surface area (Å²) in [4.78, 5) is 21.1. The van der Waals surface area contributed by atoms with Gasteiger partial charge in [-0.25, -0.2) is 0 Å². The fraction of sp³-hybridized carbons (Fsp3) is 0.667. The number of carbonyl (C=O) groups excluding carboxylic acids is 1. The Labute approximate surface area is 186 Å². The molecule has 4 heterocycles. The predicted molar refractivity (Wildman–Crippen MR) is 121 cm³/mol. The first-order valence-electron chi connectivity index (χ1n) is 11.1. The molecule has 3 aliphatic rings. The van der Waals surface area contributed by atoms with Crippen LogP contribution in [0.2, 0.25) is 0 Å². The molecule has 1 saturated carbocycles. The first-order chi connectivity index (χ1) is 14.8. The smallest absolute Gasteiger partial charge is 0.233 e. The van der Waals surface area contributed by atoms with Crippen molar-refractivity contribution in [3.8, 4) is 0 Å². The predicted octanol–water partition coefficient (Wildman–Crippen LogP) is 3.10. The van der Waals surface area contributed by atoms with Gasteiger partial charge >= 0.3 is 0 Å². The van der Waals surface area contributed by atoms with E-state index >= 15 is 0 Å². The minimum absolute atomic E-state index is 0.223. The van der Waals surface area contributed by atoms with Crippen molar-refractivity contribution in [2.24, 2.45) is 0 Å². The Morgan fingerprint density at radius 2 is 1.87 bits per heavy atom. The van der Waals surface area contributed by atoms with Crippen molar-refractivity contribution >= 4 is 35.0 Å². The number of piperazine rings is 1. The molecule has 0 bridgehead atoms. The molecule has 0 N–H and O–H groups in total. The van der Waals surface area contributed by atoms with Crippen LogP contribution in [0.3, 0.4) is 0 Å². The molecule has 1 amide bonds. The van der Waals surface area contributed by atoms with Gasteiger partial charge < -0.3 is 9.80 Å². The summed E-state index contributed by atoms with van der Waals surface area (Å²) in [7, 11) is 0. The van der Waals surface area contributed by atoms with Gasteiger partial charge in [-0.3, -0.25) is 14.3 Å². The van der Waals surface area contributed by atoms with Gasteiger partial charge in [-0.2, -0.15) is 0 Å². The van der Waals surface area contributed by atoms with E-state index in [1.54, 1.807) is 23.1 Å². The van der Waals surface area contributed by atoms with E-state index in [0.29, 0.717) is 11.8 Å². The number of amides is 1. The third-order valence-electron chi connectivity index (χ3n) is 6.21. The molecule has 1 aliphatic carbocycles. The summed E-state index contributed by atoms with van der Waals surface area (Å²) < 4.78 is 2.31. The molecular formula is C21H30N6OS2. The standard InChI is InChI=1S/C21H30N6OS2/c28-19(25-12-10-24(11-13-25)15-18-5-4-14-29-18)16-30-21-23-22-20(27(21)17-6-7-17)26-8-2-1-3-9-26/h4-5,14,17H,1-3,6-13,15-16H2. The van der Waals surface area contributed by atoms with Crippen molar-refractivity contribution in [1.29, 1.82) is 0 Å². The van der Waals surface area contributed by atoms with Gasteiger partial charge in [0.25, 0.3) is 0 Å².